The maximum absolute atomic E-state index is 13.0. The van der Waals surface area contributed by atoms with Gasteiger partial charge in [0.1, 0.15) is 18.0 Å². The Labute approximate surface area is 227 Å². The number of phenols is 1. The van der Waals surface area contributed by atoms with Crippen LogP contribution in [0, 0.1) is 6.92 Å². The van der Waals surface area contributed by atoms with Gasteiger partial charge in [0.25, 0.3) is 0 Å². The molecule has 0 fully saturated rings. The van der Waals surface area contributed by atoms with Gasteiger partial charge in [-0.15, -0.1) is 5.11 Å². The lowest BCUT2D eigenvalue weighted by atomic mass is 10.0. The molecule has 6 nitrogen and oxygen atoms in total. The van der Waals surface area contributed by atoms with Crippen molar-refractivity contribution in [1.82, 2.24) is 0 Å². The van der Waals surface area contributed by atoms with Crippen LogP contribution in [0.5, 0.6) is 5.75 Å². The van der Waals surface area contributed by atoms with E-state index in [1.165, 1.54) is 0 Å². The lowest BCUT2D eigenvalue weighted by Crippen LogP contribution is -2.01. The van der Waals surface area contributed by atoms with Crippen molar-refractivity contribution in [2.45, 2.75) is 27.4 Å². The number of anilines is 1. The van der Waals surface area contributed by atoms with Crippen LogP contribution in [0.3, 0.4) is 0 Å². The molecule has 0 heterocycles. The van der Waals surface area contributed by atoms with Gasteiger partial charge < -0.3 is 5.11 Å². The third-order valence-corrected chi connectivity index (χ3v) is 6.49. The second-order valence-electron chi connectivity index (χ2n) is 9.02. The van der Waals surface area contributed by atoms with Crippen molar-refractivity contribution in [2.75, 3.05) is 5.48 Å². The first-order valence-electron chi connectivity index (χ1n) is 13.0. The maximum Gasteiger partial charge on any atom is 0.194 e. The van der Waals surface area contributed by atoms with Crippen LogP contribution >= 0.6 is 0 Å². The smallest absolute Gasteiger partial charge is 0.194 e. The second kappa shape index (κ2) is 11.3. The molecular weight excluding hydrogens is 486 g/mol. The highest BCUT2D eigenvalue weighted by Crippen LogP contribution is 2.41. The molecular formula is C33H29N3O3. The number of rotatable bonds is 6. The normalized spacial score (nSPS) is 11.7. The molecule has 2 N–H and O–H groups in total. The van der Waals surface area contributed by atoms with Gasteiger partial charge in [0.05, 0.1) is 11.4 Å². The topological polar surface area (TPSA) is 83.3 Å². The monoisotopic (exact) mass is 515 g/mol. The number of benzene rings is 5. The predicted octanol–water partition coefficient (Wildman–Crippen LogP) is 9.05. The number of ketones is 1. The number of nitrogens with zero attached hydrogens (tertiary/aromatic N) is 2. The molecule has 0 bridgehead atoms. The van der Waals surface area contributed by atoms with Crippen LogP contribution in [0.15, 0.2) is 107 Å². The standard InChI is InChI=1S/C31H23N3O3.C2H6/c1-19-11-13-25-26-14-12-23(17-28(26)31(36)27(25)15-19)32-33-29-24-10-6-5-7-20(24)16-21(30(29)35)18-37-34-22-8-3-2-4-9-22;1-2/h2-17,34-35H,18H2,1H3;1-2H3. The SMILES string of the molecule is CC.Cc1ccc2c(c1)C(=O)c1cc(N=Nc3c(O)c(CONc4ccccc4)cc4ccccc34)ccc1-2. The number of nitrogens with one attached hydrogen (secondary N) is 1. The van der Waals surface area contributed by atoms with E-state index in [-0.39, 0.29) is 18.1 Å². The average molecular weight is 516 g/mol. The van der Waals surface area contributed by atoms with E-state index in [1.54, 1.807) is 6.07 Å². The number of fused-ring (bicyclic) bond motifs is 4. The highest BCUT2D eigenvalue weighted by Gasteiger charge is 2.26. The third kappa shape index (κ3) is 5.15. The Bertz CT molecular complexity index is 1690. The van der Waals surface area contributed by atoms with Gasteiger partial charge in [-0.1, -0.05) is 80.1 Å². The molecule has 0 radical (unpaired) electrons. The summed E-state index contributed by atoms with van der Waals surface area (Å²) in [6.07, 6.45) is 0. The van der Waals surface area contributed by atoms with Gasteiger partial charge in [0.15, 0.2) is 5.78 Å². The Kier molecular flexibility index (Phi) is 7.48. The van der Waals surface area contributed by atoms with Gasteiger partial charge in [-0.3, -0.25) is 15.1 Å². The minimum Gasteiger partial charge on any atom is -0.505 e. The zero-order valence-corrected chi connectivity index (χ0v) is 22.1. The number of hydrogen-bond donors (Lipinski definition) is 2. The van der Waals surface area contributed by atoms with Crippen molar-refractivity contribution in [1.29, 1.82) is 0 Å². The number of phenolic OH excluding ortho intramolecular Hbond substituents is 1. The van der Waals surface area contributed by atoms with Crippen LogP contribution in [-0.2, 0) is 11.4 Å². The largest absolute Gasteiger partial charge is 0.505 e. The highest BCUT2D eigenvalue weighted by atomic mass is 16.6. The molecule has 0 atom stereocenters. The van der Waals surface area contributed by atoms with Crippen LogP contribution in [0.4, 0.5) is 17.1 Å². The second-order valence-corrected chi connectivity index (χ2v) is 9.02. The van der Waals surface area contributed by atoms with Gasteiger partial charge in [-0.05, 0) is 59.8 Å². The molecule has 0 saturated carbocycles. The van der Waals surface area contributed by atoms with E-state index in [0.29, 0.717) is 28.1 Å². The van der Waals surface area contributed by atoms with E-state index in [4.69, 9.17) is 4.84 Å². The summed E-state index contributed by atoms with van der Waals surface area (Å²) in [5.74, 6) is -0.0125. The summed E-state index contributed by atoms with van der Waals surface area (Å²) in [6.45, 7) is 6.10. The van der Waals surface area contributed by atoms with Crippen molar-refractivity contribution in [3.8, 4) is 16.9 Å². The molecule has 6 rings (SSSR count). The van der Waals surface area contributed by atoms with Crippen LogP contribution in [-0.4, -0.2) is 10.9 Å². The summed E-state index contributed by atoms with van der Waals surface area (Å²) in [5.41, 5.74) is 9.37. The molecule has 0 amide bonds. The quantitative estimate of drug-likeness (QED) is 0.171. The molecule has 1 aliphatic carbocycles. The summed E-state index contributed by atoms with van der Waals surface area (Å²) in [4.78, 5) is 18.6. The Morgan fingerprint density at radius 3 is 2.26 bits per heavy atom. The fourth-order valence-corrected chi connectivity index (χ4v) is 4.64. The summed E-state index contributed by atoms with van der Waals surface area (Å²) in [6, 6.07) is 30.5. The Balaban J connectivity index is 0.00000151. The van der Waals surface area contributed by atoms with Crippen LogP contribution in [0.25, 0.3) is 21.9 Å². The molecule has 0 saturated heterocycles. The first kappa shape index (κ1) is 25.8. The predicted molar refractivity (Wildman–Crippen MR) is 156 cm³/mol. The molecule has 0 spiro atoms. The molecule has 39 heavy (non-hydrogen) atoms. The summed E-state index contributed by atoms with van der Waals surface area (Å²) in [5, 5.41) is 21.6. The number of para-hydroxylation sites is 1. The van der Waals surface area contributed by atoms with E-state index in [0.717, 1.165) is 33.2 Å². The van der Waals surface area contributed by atoms with Gasteiger partial charge in [0, 0.05) is 22.1 Å². The van der Waals surface area contributed by atoms with Crippen molar-refractivity contribution < 1.29 is 14.7 Å². The van der Waals surface area contributed by atoms with Crippen molar-refractivity contribution >= 4 is 33.6 Å². The number of carbonyl (C=O) groups excluding carboxylic acids is 1. The number of aromatic hydroxyl groups is 1. The van der Waals surface area contributed by atoms with Gasteiger partial charge in [-0.25, -0.2) is 0 Å². The molecule has 1 aliphatic rings. The van der Waals surface area contributed by atoms with Crippen molar-refractivity contribution in [2.24, 2.45) is 10.2 Å². The fourth-order valence-electron chi connectivity index (χ4n) is 4.64. The number of hydrogen-bond acceptors (Lipinski definition) is 6. The first-order chi connectivity index (χ1) is 19.1. The lowest BCUT2D eigenvalue weighted by molar-refractivity contribution is 0.104. The molecule has 194 valence electrons. The van der Waals surface area contributed by atoms with E-state index >= 15 is 0 Å². The molecule has 6 heteroatoms. The van der Waals surface area contributed by atoms with Gasteiger partial charge >= 0.3 is 0 Å². The van der Waals surface area contributed by atoms with E-state index in [2.05, 4.69) is 15.7 Å². The first-order valence-corrected chi connectivity index (χ1v) is 13.0. The Morgan fingerprint density at radius 1 is 0.769 bits per heavy atom. The third-order valence-electron chi connectivity index (χ3n) is 6.49. The van der Waals surface area contributed by atoms with Crippen LogP contribution in [0.2, 0.25) is 0 Å². The number of azo groups is 1. The maximum atomic E-state index is 13.0. The number of carbonyl (C=O) groups is 1. The Hall–Kier alpha value is -4.81. The molecule has 0 aromatic heterocycles. The highest BCUT2D eigenvalue weighted by molar-refractivity contribution is 6.22. The number of aryl methyl sites for hydroxylation is 1. The lowest BCUT2D eigenvalue weighted by Gasteiger charge is -2.12. The summed E-state index contributed by atoms with van der Waals surface area (Å²) >= 11 is 0. The van der Waals surface area contributed by atoms with Crippen LogP contribution in [0.1, 0.15) is 40.9 Å². The van der Waals surface area contributed by atoms with E-state index in [9.17, 15) is 9.90 Å². The Morgan fingerprint density at radius 2 is 1.46 bits per heavy atom. The van der Waals surface area contributed by atoms with Gasteiger partial charge in [-0.2, -0.15) is 5.11 Å². The molecule has 5 aromatic rings. The van der Waals surface area contributed by atoms with E-state index in [1.807, 2.05) is 112 Å². The summed E-state index contributed by atoms with van der Waals surface area (Å²) < 4.78 is 0. The van der Waals surface area contributed by atoms with Gasteiger partial charge in [0.2, 0.25) is 0 Å². The zero-order valence-electron chi connectivity index (χ0n) is 22.1. The molecule has 5 aromatic carbocycles. The van der Waals surface area contributed by atoms with Crippen molar-refractivity contribution in [3.05, 3.63) is 119 Å². The zero-order chi connectivity index (χ0) is 27.4. The molecule has 0 aliphatic heterocycles. The fraction of sp³-hybridized carbons (Fsp3) is 0.121. The average Bonchev–Trinajstić information content (AvgIpc) is 3.25. The van der Waals surface area contributed by atoms with E-state index < -0.39 is 0 Å². The molecule has 0 unspecified atom stereocenters. The minimum absolute atomic E-state index is 0.00238. The minimum atomic E-state index is -0.0101. The summed E-state index contributed by atoms with van der Waals surface area (Å²) in [7, 11) is 0. The van der Waals surface area contributed by atoms with Crippen LogP contribution < -0.4 is 5.48 Å². The van der Waals surface area contributed by atoms with Crippen molar-refractivity contribution in [3.63, 3.8) is 0 Å².